The van der Waals surface area contributed by atoms with Crippen molar-refractivity contribution >= 4 is 0 Å². The average Bonchev–Trinajstić information content (AvgIpc) is 3.14. The van der Waals surface area contributed by atoms with Crippen molar-refractivity contribution in [1.82, 2.24) is 14.7 Å². The Labute approximate surface area is 209 Å². The first-order chi connectivity index (χ1) is 16.9. The fraction of sp³-hybridized carbons (Fsp3) is 0.464. The van der Waals surface area contributed by atoms with Gasteiger partial charge in [-0.2, -0.15) is 5.10 Å². The lowest BCUT2D eigenvalue weighted by Gasteiger charge is -2.25. The van der Waals surface area contributed by atoms with Crippen LogP contribution in [0.4, 0.5) is 0 Å². The van der Waals surface area contributed by atoms with E-state index in [-0.39, 0.29) is 0 Å². The van der Waals surface area contributed by atoms with E-state index >= 15 is 0 Å². The van der Waals surface area contributed by atoms with Crippen LogP contribution in [0.2, 0.25) is 0 Å². The molecule has 1 unspecified atom stereocenters. The smallest absolute Gasteiger partial charge is 0.222 e. The number of ether oxygens (including phenoxy) is 3. The van der Waals surface area contributed by atoms with E-state index in [1.54, 1.807) is 11.8 Å². The predicted molar refractivity (Wildman–Crippen MR) is 139 cm³/mol. The van der Waals surface area contributed by atoms with Crippen LogP contribution in [0.5, 0.6) is 17.4 Å². The Morgan fingerprint density at radius 1 is 1.00 bits per heavy atom. The maximum atomic E-state index is 10.7. The van der Waals surface area contributed by atoms with E-state index in [9.17, 15) is 5.11 Å². The number of rotatable bonds is 14. The molecule has 0 radical (unpaired) electrons. The van der Waals surface area contributed by atoms with Crippen LogP contribution in [-0.4, -0.2) is 59.3 Å². The first-order valence-electron chi connectivity index (χ1n) is 12.3. The summed E-state index contributed by atoms with van der Waals surface area (Å²) in [6.45, 7) is 9.23. The summed E-state index contributed by atoms with van der Waals surface area (Å²) in [7, 11) is 3.52. The number of hydrogen-bond acceptors (Lipinski definition) is 6. The van der Waals surface area contributed by atoms with E-state index in [2.05, 4.69) is 37.8 Å². The molecule has 7 nitrogen and oxygen atoms in total. The van der Waals surface area contributed by atoms with Crippen LogP contribution in [0.1, 0.15) is 32.8 Å². The Balaban J connectivity index is 1.92. The fourth-order valence-corrected chi connectivity index (χ4v) is 4.02. The second-order valence-electron chi connectivity index (χ2n) is 9.20. The van der Waals surface area contributed by atoms with Gasteiger partial charge in [0.05, 0.1) is 25.4 Å². The van der Waals surface area contributed by atoms with Crippen LogP contribution in [-0.2, 0) is 18.3 Å². The maximum Gasteiger partial charge on any atom is 0.222 e. The number of para-hydroxylation sites is 2. The standard InChI is InChI=1S/C28H39N3O4/c1-6-16-31(17-23(32)20-34-19-21(2)3)18-24-27(22-12-8-7-9-13-22)29-30(4)28(24)35-26-15-11-10-14-25(26)33-5/h7-15,21,23,32H,6,16-20H2,1-5H3. The molecular weight excluding hydrogens is 442 g/mol. The third-order valence-electron chi connectivity index (χ3n) is 5.56. The van der Waals surface area contributed by atoms with Gasteiger partial charge in [-0.1, -0.05) is 63.2 Å². The molecule has 35 heavy (non-hydrogen) atoms. The molecule has 0 aliphatic carbocycles. The van der Waals surface area contributed by atoms with Crippen molar-refractivity contribution in [2.75, 3.05) is 33.4 Å². The Bertz CT molecular complexity index is 1040. The summed E-state index contributed by atoms with van der Waals surface area (Å²) in [5, 5.41) is 15.5. The third-order valence-corrected chi connectivity index (χ3v) is 5.56. The second kappa shape index (κ2) is 13.3. The summed E-state index contributed by atoms with van der Waals surface area (Å²) in [4.78, 5) is 2.24. The number of aromatic nitrogens is 2. The minimum atomic E-state index is -0.573. The van der Waals surface area contributed by atoms with Crippen LogP contribution in [0.25, 0.3) is 11.3 Å². The van der Waals surface area contributed by atoms with Gasteiger partial charge in [0.2, 0.25) is 5.88 Å². The molecule has 0 fully saturated rings. The van der Waals surface area contributed by atoms with Gasteiger partial charge in [-0.15, -0.1) is 0 Å². The normalized spacial score (nSPS) is 12.3. The average molecular weight is 482 g/mol. The zero-order valence-electron chi connectivity index (χ0n) is 21.6. The molecule has 0 saturated carbocycles. The minimum absolute atomic E-state index is 0.321. The van der Waals surface area contributed by atoms with Gasteiger partial charge >= 0.3 is 0 Å². The molecule has 0 spiro atoms. The first kappa shape index (κ1) is 26.7. The van der Waals surface area contributed by atoms with E-state index < -0.39 is 6.10 Å². The quantitative estimate of drug-likeness (QED) is 0.344. The van der Waals surface area contributed by atoms with Crippen molar-refractivity contribution in [1.29, 1.82) is 0 Å². The van der Waals surface area contributed by atoms with E-state index in [4.69, 9.17) is 19.3 Å². The highest BCUT2D eigenvalue weighted by molar-refractivity contribution is 5.65. The third kappa shape index (κ3) is 7.56. The summed E-state index contributed by atoms with van der Waals surface area (Å²) in [6, 6.07) is 17.7. The lowest BCUT2D eigenvalue weighted by molar-refractivity contribution is 0.00685. The monoisotopic (exact) mass is 481 g/mol. The Hall–Kier alpha value is -2.87. The van der Waals surface area contributed by atoms with Crippen LogP contribution >= 0.6 is 0 Å². The van der Waals surface area contributed by atoms with Crippen molar-refractivity contribution in [2.45, 2.75) is 39.8 Å². The van der Waals surface area contributed by atoms with Crippen LogP contribution in [0.3, 0.4) is 0 Å². The number of aliphatic hydroxyl groups is 1. The first-order valence-corrected chi connectivity index (χ1v) is 12.3. The van der Waals surface area contributed by atoms with E-state index in [0.29, 0.717) is 49.6 Å². The molecule has 1 aromatic heterocycles. The maximum absolute atomic E-state index is 10.7. The highest BCUT2D eigenvalue weighted by Gasteiger charge is 2.24. The molecule has 1 heterocycles. The molecule has 0 bridgehead atoms. The summed E-state index contributed by atoms with van der Waals surface area (Å²) in [6.07, 6.45) is 0.388. The van der Waals surface area contributed by atoms with Crippen molar-refractivity contribution < 1.29 is 19.3 Å². The van der Waals surface area contributed by atoms with Gasteiger partial charge in [-0.25, -0.2) is 4.68 Å². The number of aryl methyl sites for hydroxylation is 1. The summed E-state index contributed by atoms with van der Waals surface area (Å²) in [5.41, 5.74) is 2.85. The van der Waals surface area contributed by atoms with Crippen LogP contribution in [0.15, 0.2) is 54.6 Å². The predicted octanol–water partition coefficient (Wildman–Crippen LogP) is 5.13. The van der Waals surface area contributed by atoms with Crippen molar-refractivity contribution in [2.24, 2.45) is 13.0 Å². The number of hydrogen-bond donors (Lipinski definition) is 1. The number of benzene rings is 2. The Morgan fingerprint density at radius 3 is 2.34 bits per heavy atom. The van der Waals surface area contributed by atoms with Crippen LogP contribution in [0, 0.1) is 5.92 Å². The molecule has 1 N–H and O–H groups in total. The summed E-state index contributed by atoms with van der Waals surface area (Å²) in [5.74, 6) is 2.37. The highest BCUT2D eigenvalue weighted by Crippen LogP contribution is 2.37. The van der Waals surface area contributed by atoms with E-state index in [1.807, 2.05) is 49.5 Å². The number of methoxy groups -OCH3 is 1. The molecule has 3 rings (SSSR count). The molecule has 0 saturated heterocycles. The Morgan fingerprint density at radius 2 is 1.69 bits per heavy atom. The van der Waals surface area contributed by atoms with Gasteiger partial charge < -0.3 is 19.3 Å². The lowest BCUT2D eigenvalue weighted by atomic mass is 10.1. The number of aliphatic hydroxyl groups excluding tert-OH is 1. The van der Waals surface area contributed by atoms with Gasteiger partial charge in [0.1, 0.15) is 5.69 Å². The molecule has 1 atom stereocenters. The zero-order valence-corrected chi connectivity index (χ0v) is 21.6. The molecule has 0 amide bonds. The summed E-state index contributed by atoms with van der Waals surface area (Å²) >= 11 is 0. The molecule has 0 aliphatic rings. The van der Waals surface area contributed by atoms with Crippen LogP contribution < -0.4 is 9.47 Å². The van der Waals surface area contributed by atoms with Gasteiger partial charge in [0.15, 0.2) is 11.5 Å². The SMILES string of the molecule is CCCN(Cc1c(-c2ccccc2)nn(C)c1Oc1ccccc1OC)CC(O)COCC(C)C. The fourth-order valence-electron chi connectivity index (χ4n) is 4.02. The van der Waals surface area contributed by atoms with Gasteiger partial charge in [0, 0.05) is 32.3 Å². The van der Waals surface area contributed by atoms with Gasteiger partial charge in [-0.3, -0.25) is 4.90 Å². The zero-order chi connectivity index (χ0) is 25.2. The van der Waals surface area contributed by atoms with E-state index in [1.165, 1.54) is 0 Å². The van der Waals surface area contributed by atoms with Crippen molar-refractivity contribution in [3.8, 4) is 28.6 Å². The van der Waals surface area contributed by atoms with Gasteiger partial charge in [0.25, 0.3) is 0 Å². The summed E-state index contributed by atoms with van der Waals surface area (Å²) < 4.78 is 19.4. The lowest BCUT2D eigenvalue weighted by Crippen LogP contribution is -2.35. The highest BCUT2D eigenvalue weighted by atomic mass is 16.5. The minimum Gasteiger partial charge on any atom is -0.493 e. The topological polar surface area (TPSA) is 69.0 Å². The molecule has 0 aliphatic heterocycles. The van der Waals surface area contributed by atoms with E-state index in [0.717, 1.165) is 29.8 Å². The molecule has 190 valence electrons. The molecule has 3 aromatic rings. The van der Waals surface area contributed by atoms with Gasteiger partial charge in [-0.05, 0) is 31.0 Å². The molecule has 7 heteroatoms. The van der Waals surface area contributed by atoms with Crippen molar-refractivity contribution in [3.63, 3.8) is 0 Å². The second-order valence-corrected chi connectivity index (χ2v) is 9.20. The van der Waals surface area contributed by atoms with Crippen molar-refractivity contribution in [3.05, 3.63) is 60.2 Å². The molecule has 2 aromatic carbocycles. The molecular formula is C28H39N3O4. The largest absolute Gasteiger partial charge is 0.493 e. The number of nitrogens with zero attached hydrogens (tertiary/aromatic N) is 3. The Kier molecular flexibility index (Phi) is 10.1.